The summed E-state index contributed by atoms with van der Waals surface area (Å²) in [6.07, 6.45) is 12.0. The fourth-order valence-electron chi connectivity index (χ4n) is 15.4. The summed E-state index contributed by atoms with van der Waals surface area (Å²) < 4.78 is 27.2. The normalized spacial score (nSPS) is 15.2. The van der Waals surface area contributed by atoms with Crippen molar-refractivity contribution >= 4 is 104 Å². The minimum atomic E-state index is -0.243. The van der Waals surface area contributed by atoms with Gasteiger partial charge in [0.1, 0.15) is 29.3 Å². The Bertz CT molecular complexity index is 7870. The van der Waals surface area contributed by atoms with Crippen LogP contribution in [0.15, 0.2) is 219 Å². The molecule has 23 nitrogen and oxygen atoms in total. The van der Waals surface area contributed by atoms with E-state index in [4.69, 9.17) is 38.4 Å². The Balaban J connectivity index is 0.000000121. The van der Waals surface area contributed by atoms with Crippen molar-refractivity contribution in [3.63, 3.8) is 0 Å². The number of benzene rings is 4. The first kappa shape index (κ1) is 79.5. The average molecular weight is 1620 g/mol. The van der Waals surface area contributed by atoms with Crippen LogP contribution >= 0.6 is 11.3 Å². The van der Waals surface area contributed by atoms with Crippen LogP contribution in [0.25, 0.3) is 80.0 Å². The molecule has 0 amide bonds. The zero-order valence-corrected chi connectivity index (χ0v) is 69.4. The van der Waals surface area contributed by atoms with E-state index < -0.39 is 0 Å². The molecule has 0 unspecified atom stereocenters. The second-order valence-corrected chi connectivity index (χ2v) is 30.6. The molecule has 11 aromatic heterocycles. The average Bonchev–Trinajstić information content (AvgIpc) is 1.61. The second-order valence-electron chi connectivity index (χ2n) is 29.5. The molecule has 4 aromatic carbocycles. The van der Waals surface area contributed by atoms with Gasteiger partial charge in [0.15, 0.2) is 17.8 Å². The fraction of sp³-hybridized carbons (Fsp3) is 0.134. The Morgan fingerprint density at radius 2 is 0.744 bits per heavy atom. The minimum absolute atomic E-state index is 0.00589. The highest BCUT2D eigenvalue weighted by atomic mass is 32.1. The van der Waals surface area contributed by atoms with Crippen molar-refractivity contribution in [2.24, 2.45) is 20.0 Å². The predicted molar refractivity (Wildman–Crippen MR) is 467 cm³/mol. The van der Waals surface area contributed by atoms with E-state index in [0.29, 0.717) is 78.3 Å². The van der Waals surface area contributed by atoms with Crippen LogP contribution in [0, 0.1) is 55.4 Å². The van der Waals surface area contributed by atoms with Gasteiger partial charge in [-0.25, -0.2) is 20.0 Å². The quantitative estimate of drug-likeness (QED) is 0.0421. The summed E-state index contributed by atoms with van der Waals surface area (Å²) in [6, 6.07) is 57.7. The number of hydrogen-bond acceptors (Lipinski definition) is 16. The van der Waals surface area contributed by atoms with Crippen molar-refractivity contribution in [3.05, 3.63) is 358 Å². The molecule has 4 aliphatic rings. The number of pyridine rings is 1. The van der Waals surface area contributed by atoms with E-state index in [2.05, 4.69) is 100 Å². The van der Waals surface area contributed by atoms with Crippen LogP contribution in [0.3, 0.4) is 0 Å². The summed E-state index contributed by atoms with van der Waals surface area (Å²) in [7, 11) is 6.53. The summed E-state index contributed by atoms with van der Waals surface area (Å²) in [5.74, 6) is 2.44. The summed E-state index contributed by atoms with van der Waals surface area (Å²) in [6.45, 7) is 17.9. The molecule has 0 bridgehead atoms. The van der Waals surface area contributed by atoms with Gasteiger partial charge < -0.3 is 63.3 Å². The number of carbonyl (C=O) groups is 4. The van der Waals surface area contributed by atoms with Gasteiger partial charge in [-0.3, -0.25) is 24.2 Å². The molecule has 15 aromatic rings. The van der Waals surface area contributed by atoms with Crippen molar-refractivity contribution in [3.8, 4) is 33.6 Å². The lowest BCUT2D eigenvalue weighted by molar-refractivity contribution is -0.111. The molecule has 0 radical (unpaired) electrons. The Hall–Kier alpha value is -15.3. The van der Waals surface area contributed by atoms with Gasteiger partial charge in [0.05, 0.1) is 153 Å². The van der Waals surface area contributed by atoms with E-state index in [-0.39, 0.29) is 23.0 Å². The number of thiophene rings is 1. The molecular weight excluding hydrogens is 1540 g/mol. The molecule has 15 heterocycles. The Labute approximate surface area is 695 Å². The molecule has 0 aliphatic carbocycles. The Kier molecular flexibility index (Phi) is 22.2. The van der Waals surface area contributed by atoms with E-state index in [1.54, 1.807) is 47.6 Å². The number of methoxy groups -OCH3 is 4. The number of para-hydroxylation sites is 4. The number of Topliss-reactive ketones (excluding diaryl/α,β-unsaturated/α-hetero) is 3. The molecule has 0 fully saturated rings. The molecule has 8 N–H and O–H groups in total. The van der Waals surface area contributed by atoms with Gasteiger partial charge >= 0.3 is 0 Å². The third-order valence-corrected chi connectivity index (χ3v) is 22.1. The van der Waals surface area contributed by atoms with Crippen molar-refractivity contribution in [2.75, 3.05) is 28.4 Å². The number of aldehydes is 1. The number of nitrogens with zero attached hydrogens (tertiary/aromatic N) is 6. The van der Waals surface area contributed by atoms with Crippen LogP contribution in [-0.2, 0) is 9.59 Å². The molecule has 0 saturated heterocycles. The van der Waals surface area contributed by atoms with Gasteiger partial charge in [0.25, 0.3) is 0 Å². The van der Waals surface area contributed by atoms with Gasteiger partial charge in [0, 0.05) is 103 Å². The number of H-pyrrole nitrogens is 8. The maximum atomic E-state index is 14.0. The van der Waals surface area contributed by atoms with Crippen LogP contribution in [0.5, 0.6) is 23.0 Å². The molecule has 0 atom stereocenters. The van der Waals surface area contributed by atoms with Gasteiger partial charge in [-0.2, -0.15) is 0 Å². The number of fused-ring (bicyclic) bond motifs is 4. The monoisotopic (exact) mass is 1620 g/mol. The zero-order valence-electron chi connectivity index (χ0n) is 68.6. The van der Waals surface area contributed by atoms with E-state index >= 15 is 0 Å². The number of carbonyl (C=O) groups excluding carboxylic acids is 4. The van der Waals surface area contributed by atoms with E-state index in [1.165, 1.54) is 17.6 Å². The van der Waals surface area contributed by atoms with Crippen LogP contribution in [0.1, 0.15) is 94.9 Å². The first-order chi connectivity index (χ1) is 58.6. The van der Waals surface area contributed by atoms with E-state index in [0.717, 1.165) is 164 Å². The summed E-state index contributed by atoms with van der Waals surface area (Å²) in [5, 5.41) is 16.5. The van der Waals surface area contributed by atoms with Gasteiger partial charge in [0.2, 0.25) is 11.6 Å². The lowest BCUT2D eigenvalue weighted by Crippen LogP contribution is -2.25. The number of ketones is 3. The van der Waals surface area contributed by atoms with Crippen molar-refractivity contribution in [1.29, 1.82) is 0 Å². The molecule has 19 rings (SSSR count). The first-order valence-corrected chi connectivity index (χ1v) is 39.8. The Morgan fingerprint density at radius 1 is 0.388 bits per heavy atom. The number of aromatic amines is 8. The van der Waals surface area contributed by atoms with Crippen molar-refractivity contribution in [1.82, 2.24) is 50.0 Å². The number of ether oxygens (including phenoxy) is 4. The van der Waals surface area contributed by atoms with Crippen LogP contribution in [0.2, 0.25) is 0 Å². The highest BCUT2D eigenvalue weighted by Gasteiger charge is 2.28. The van der Waals surface area contributed by atoms with Crippen LogP contribution in [0.4, 0.5) is 0 Å². The van der Waals surface area contributed by atoms with Crippen molar-refractivity contribution < 1.29 is 42.6 Å². The topological polar surface area (TPSA) is 320 Å². The molecule has 0 saturated carbocycles. The number of rotatable bonds is 15. The third kappa shape index (κ3) is 16.0. The maximum Gasteiger partial charge on any atom is 0.217 e. The number of aromatic nitrogens is 10. The Morgan fingerprint density at radius 3 is 1.10 bits per heavy atom. The summed E-state index contributed by atoms with van der Waals surface area (Å²) >= 11 is 1.44. The van der Waals surface area contributed by atoms with Gasteiger partial charge in [-0.15, -0.1) is 11.3 Å². The molecule has 24 heteroatoms. The number of hydrogen-bond donors (Lipinski definition) is 8. The smallest absolute Gasteiger partial charge is 0.217 e. The predicted octanol–water partition coefficient (Wildman–Crippen LogP) is 6.22. The molecule has 121 heavy (non-hydrogen) atoms. The lowest BCUT2D eigenvalue weighted by atomic mass is 10.0. The largest absolute Gasteiger partial charge is 0.494 e. The third-order valence-electron chi connectivity index (χ3n) is 21.0. The maximum absolute atomic E-state index is 14.0. The molecule has 602 valence electrons. The van der Waals surface area contributed by atoms with Crippen LogP contribution < -0.4 is 104 Å². The zero-order chi connectivity index (χ0) is 84.4. The highest BCUT2D eigenvalue weighted by Crippen LogP contribution is 2.31. The fourth-order valence-corrected chi connectivity index (χ4v) is 16.3. The van der Waals surface area contributed by atoms with E-state index in [1.807, 2.05) is 211 Å². The standard InChI is InChI=1S/C30H24N4O2S.C24H20N4O3.C22H21N3O2.C21H19N3O2/c1-17-14-18(2)32-22(17)15-23-25(36-3)16-24(33-23)29-28(19-8-4-5-9-20(19)34-29)30(35)27-12-11-26(37-27)21-10-6-7-13-31-21;1-13-10-14(2)25-18(13)11-19-21(30-3)12-20(26-19)23-22(24(29)17-8-9-31-28-17)15-6-4-5-7-16(15)27-23;1-12-9-13(2)23-17(12)10-18-20(27-4)11-19(24-18)22-21(14(3)26)15-7-5-6-8-16(15)25-22;1-12-8-13(2)22-17(12)9-18-20(26-3)10-19(23-18)21-15(11-25)14-6-4-5-7-16(14)24-21/h4-16,32-33H,1-3H3;4-12,25-26H,1-3H3;5-11,23-24H,1-4H3;4-11,22-23H,1-3H3/b23-15-,29-24?;19-11-,23-20?;18-10-,22-19?;18-9-,21-19?. The van der Waals surface area contributed by atoms with Crippen LogP contribution in [-0.4, -0.2) is 102 Å². The first-order valence-electron chi connectivity index (χ1n) is 39.0. The van der Waals surface area contributed by atoms with Crippen molar-refractivity contribution in [2.45, 2.75) is 62.3 Å². The summed E-state index contributed by atoms with van der Waals surface area (Å²) in [4.78, 5) is 103. The lowest BCUT2D eigenvalue weighted by Gasteiger charge is -2.01. The molecular formula is C97H84N14O9S. The van der Waals surface area contributed by atoms with Gasteiger partial charge in [-0.1, -0.05) is 84.0 Å². The second kappa shape index (κ2) is 33.7. The minimum Gasteiger partial charge on any atom is -0.494 e. The summed E-state index contributed by atoms with van der Waals surface area (Å²) in [5.41, 5.74) is 18.8. The molecule has 4 aliphatic heterocycles. The highest BCUT2D eigenvalue weighted by molar-refractivity contribution is 7.17. The molecule has 0 spiro atoms. The SMILES string of the molecule is COc1cc(=C2N=c3ccccc3=C2C(=O)c2ccc(-c3ccccn3)s2)[nH]/c1=C\c1[nH]c(C)cc1C.COc1cc(=C2N=c3ccccc3=C2C(=O)c2ccon2)[nH]/c1=C\c1[nH]c(C)cc1C.COc1cc(=C2N=c3ccccc3=C2C(C)=O)[nH]/c1=C\c1[nH]c(C)cc1C.COc1cc(=C2N=c3ccccc3=C2C=O)[nH]/c1=C\c1[nH]c(C)cc1C. The number of aryl methyl sites for hydroxylation is 8. The van der Waals surface area contributed by atoms with E-state index in [9.17, 15) is 19.2 Å². The van der Waals surface area contributed by atoms with Gasteiger partial charge in [-0.05, 0) is 182 Å². The number of nitrogens with one attached hydrogen (secondary N) is 8.